The minimum absolute atomic E-state index is 0.117. The van der Waals surface area contributed by atoms with Crippen molar-refractivity contribution in [1.29, 1.82) is 0 Å². The van der Waals surface area contributed by atoms with Crippen molar-refractivity contribution in [2.75, 3.05) is 0 Å². The Bertz CT molecular complexity index is 331. The molecule has 0 aliphatic heterocycles. The van der Waals surface area contributed by atoms with Gasteiger partial charge in [-0.15, -0.1) is 0 Å². The zero-order valence-electron chi connectivity index (χ0n) is 9.49. The van der Waals surface area contributed by atoms with Gasteiger partial charge in [-0.05, 0) is 25.8 Å². The first-order valence-corrected chi connectivity index (χ1v) is 5.41. The number of nitrogens with two attached hydrogens (primary N) is 1. The first kappa shape index (κ1) is 11.9. The van der Waals surface area contributed by atoms with E-state index in [1.807, 2.05) is 32.0 Å². The van der Waals surface area contributed by atoms with Gasteiger partial charge < -0.3 is 5.73 Å². The second-order valence-electron chi connectivity index (χ2n) is 4.22. The Morgan fingerprint density at radius 2 is 2.20 bits per heavy atom. The summed E-state index contributed by atoms with van der Waals surface area (Å²) in [6.45, 7) is 3.97. The smallest absolute Gasteiger partial charge is 0.137 e. The fraction of sp³-hybridized carbons (Fsp3) is 0.462. The van der Waals surface area contributed by atoms with Gasteiger partial charge in [-0.1, -0.05) is 29.8 Å². The van der Waals surface area contributed by atoms with E-state index in [9.17, 15) is 4.79 Å². The Morgan fingerprint density at radius 3 is 2.80 bits per heavy atom. The van der Waals surface area contributed by atoms with Crippen LogP contribution in [0.1, 0.15) is 30.9 Å². The first-order chi connectivity index (χ1) is 7.08. The van der Waals surface area contributed by atoms with Gasteiger partial charge in [-0.3, -0.25) is 4.79 Å². The summed E-state index contributed by atoms with van der Waals surface area (Å²) in [7, 11) is 0. The van der Waals surface area contributed by atoms with Gasteiger partial charge in [-0.25, -0.2) is 0 Å². The quantitative estimate of drug-likeness (QED) is 0.801. The van der Waals surface area contributed by atoms with Crippen molar-refractivity contribution < 1.29 is 4.79 Å². The fourth-order valence-corrected chi connectivity index (χ4v) is 1.53. The van der Waals surface area contributed by atoms with E-state index in [0.717, 1.165) is 12.0 Å². The maximum absolute atomic E-state index is 11.6. The summed E-state index contributed by atoms with van der Waals surface area (Å²) < 4.78 is 0. The van der Waals surface area contributed by atoms with Gasteiger partial charge >= 0.3 is 0 Å². The molecule has 0 bridgehead atoms. The predicted octanol–water partition coefficient (Wildman–Crippen LogP) is 2.23. The molecule has 0 aliphatic carbocycles. The van der Waals surface area contributed by atoms with E-state index in [0.29, 0.717) is 12.8 Å². The molecule has 2 heteroatoms. The number of hydrogen-bond acceptors (Lipinski definition) is 2. The maximum atomic E-state index is 11.6. The third kappa shape index (κ3) is 4.75. The number of benzene rings is 1. The molecule has 0 amide bonds. The lowest BCUT2D eigenvalue weighted by Crippen LogP contribution is -2.16. The van der Waals surface area contributed by atoms with Crippen LogP contribution in [0.3, 0.4) is 0 Å². The summed E-state index contributed by atoms with van der Waals surface area (Å²) in [6.07, 6.45) is 1.91. The van der Waals surface area contributed by atoms with Crippen molar-refractivity contribution in [3.05, 3.63) is 35.4 Å². The number of hydrogen-bond donors (Lipinski definition) is 1. The zero-order valence-corrected chi connectivity index (χ0v) is 9.49. The lowest BCUT2D eigenvalue weighted by atomic mass is 10.0. The van der Waals surface area contributed by atoms with Crippen LogP contribution in [-0.4, -0.2) is 11.8 Å². The molecule has 2 N–H and O–H groups in total. The number of Topliss-reactive ketones (excluding diaryl/α,β-unsaturated/α-hetero) is 1. The second-order valence-corrected chi connectivity index (χ2v) is 4.22. The average Bonchev–Trinajstić information content (AvgIpc) is 2.15. The molecule has 1 unspecified atom stereocenters. The normalized spacial score (nSPS) is 12.5. The highest BCUT2D eigenvalue weighted by molar-refractivity contribution is 5.80. The first-order valence-electron chi connectivity index (χ1n) is 5.41. The van der Waals surface area contributed by atoms with Gasteiger partial charge in [0.15, 0.2) is 0 Å². The molecular formula is C13H19NO. The van der Waals surface area contributed by atoms with E-state index in [2.05, 4.69) is 6.07 Å². The highest BCUT2D eigenvalue weighted by atomic mass is 16.1. The van der Waals surface area contributed by atoms with Gasteiger partial charge in [0.25, 0.3) is 0 Å². The van der Waals surface area contributed by atoms with Crippen LogP contribution in [0.5, 0.6) is 0 Å². The highest BCUT2D eigenvalue weighted by Gasteiger charge is 2.05. The Kier molecular flexibility index (Phi) is 4.50. The fourth-order valence-electron chi connectivity index (χ4n) is 1.53. The van der Waals surface area contributed by atoms with Crippen molar-refractivity contribution in [3.63, 3.8) is 0 Å². The summed E-state index contributed by atoms with van der Waals surface area (Å²) in [5.41, 5.74) is 7.91. The number of ketones is 1. The van der Waals surface area contributed by atoms with Crippen LogP contribution < -0.4 is 5.73 Å². The van der Waals surface area contributed by atoms with Crippen LogP contribution in [0.2, 0.25) is 0 Å². The third-order valence-corrected chi connectivity index (χ3v) is 2.36. The molecule has 0 aromatic heterocycles. The minimum Gasteiger partial charge on any atom is -0.328 e. The van der Waals surface area contributed by atoms with E-state index in [4.69, 9.17) is 5.73 Å². The number of aryl methyl sites for hydroxylation is 1. The number of carbonyl (C=O) groups excluding carboxylic acids is 1. The highest BCUT2D eigenvalue weighted by Crippen LogP contribution is 2.07. The summed E-state index contributed by atoms with van der Waals surface area (Å²) in [5.74, 6) is 0.276. The minimum atomic E-state index is 0.117. The summed E-state index contributed by atoms with van der Waals surface area (Å²) in [6, 6.07) is 8.20. The van der Waals surface area contributed by atoms with E-state index in [1.165, 1.54) is 5.56 Å². The van der Waals surface area contributed by atoms with Crippen LogP contribution in [0, 0.1) is 6.92 Å². The van der Waals surface area contributed by atoms with E-state index in [1.54, 1.807) is 0 Å². The molecule has 0 spiro atoms. The van der Waals surface area contributed by atoms with Crippen molar-refractivity contribution in [2.24, 2.45) is 5.73 Å². The van der Waals surface area contributed by atoms with Gasteiger partial charge in [-0.2, -0.15) is 0 Å². The van der Waals surface area contributed by atoms with Crippen molar-refractivity contribution in [1.82, 2.24) is 0 Å². The van der Waals surface area contributed by atoms with Gasteiger partial charge in [0.1, 0.15) is 5.78 Å². The molecule has 1 aromatic carbocycles. The maximum Gasteiger partial charge on any atom is 0.137 e. The Hall–Kier alpha value is -1.15. The van der Waals surface area contributed by atoms with E-state index < -0.39 is 0 Å². The number of carbonyl (C=O) groups is 1. The second kappa shape index (κ2) is 5.66. The Morgan fingerprint density at radius 1 is 1.47 bits per heavy atom. The standard InChI is InChI=1S/C13H19NO/c1-10-4-3-5-12(8-10)9-13(15)7-6-11(2)14/h3-5,8,11H,6-7,9,14H2,1-2H3. The zero-order chi connectivity index (χ0) is 11.3. The van der Waals surface area contributed by atoms with Crippen LogP contribution in [0.4, 0.5) is 0 Å². The summed E-state index contributed by atoms with van der Waals surface area (Å²) in [5, 5.41) is 0. The molecule has 1 aromatic rings. The Labute approximate surface area is 91.5 Å². The topological polar surface area (TPSA) is 43.1 Å². The predicted molar refractivity (Wildman–Crippen MR) is 62.8 cm³/mol. The van der Waals surface area contributed by atoms with E-state index >= 15 is 0 Å². The van der Waals surface area contributed by atoms with Crippen molar-refractivity contribution in [2.45, 2.75) is 39.2 Å². The van der Waals surface area contributed by atoms with Gasteiger partial charge in [0.2, 0.25) is 0 Å². The van der Waals surface area contributed by atoms with Crippen LogP contribution in [0.25, 0.3) is 0 Å². The lowest BCUT2D eigenvalue weighted by Gasteiger charge is -2.04. The Balaban J connectivity index is 2.44. The molecule has 0 saturated carbocycles. The van der Waals surface area contributed by atoms with Crippen molar-refractivity contribution >= 4 is 5.78 Å². The molecule has 15 heavy (non-hydrogen) atoms. The molecule has 82 valence electrons. The third-order valence-electron chi connectivity index (χ3n) is 2.36. The molecule has 1 rings (SSSR count). The van der Waals surface area contributed by atoms with Crippen molar-refractivity contribution in [3.8, 4) is 0 Å². The molecule has 0 radical (unpaired) electrons. The molecule has 0 heterocycles. The monoisotopic (exact) mass is 205 g/mol. The summed E-state index contributed by atoms with van der Waals surface area (Å²) in [4.78, 5) is 11.6. The van der Waals surface area contributed by atoms with Crippen LogP contribution in [0.15, 0.2) is 24.3 Å². The van der Waals surface area contributed by atoms with E-state index in [-0.39, 0.29) is 11.8 Å². The average molecular weight is 205 g/mol. The molecule has 0 fully saturated rings. The molecular weight excluding hydrogens is 186 g/mol. The molecule has 2 nitrogen and oxygen atoms in total. The molecule has 0 saturated heterocycles. The largest absolute Gasteiger partial charge is 0.328 e. The van der Waals surface area contributed by atoms with Crippen LogP contribution >= 0.6 is 0 Å². The van der Waals surface area contributed by atoms with Crippen LogP contribution in [-0.2, 0) is 11.2 Å². The molecule has 0 aliphatic rings. The lowest BCUT2D eigenvalue weighted by molar-refractivity contribution is -0.118. The van der Waals surface area contributed by atoms with Gasteiger partial charge in [0, 0.05) is 18.9 Å². The summed E-state index contributed by atoms with van der Waals surface area (Å²) >= 11 is 0. The SMILES string of the molecule is Cc1cccc(CC(=O)CCC(C)N)c1. The van der Waals surface area contributed by atoms with Gasteiger partial charge in [0.05, 0.1) is 0 Å². The molecule has 1 atom stereocenters. The number of rotatable bonds is 5.